The number of carbonyl (C=O) groups is 1. The average Bonchev–Trinajstić information content (AvgIpc) is 2.80. The summed E-state index contributed by atoms with van der Waals surface area (Å²) >= 11 is 0. The molecule has 0 unspecified atom stereocenters. The SMILES string of the molecule is Cc1c(C(=O)N(C)c2cccnc2)cnn1C(C)C. The monoisotopic (exact) mass is 258 g/mol. The first-order valence-electron chi connectivity index (χ1n) is 6.24. The molecule has 2 heterocycles. The largest absolute Gasteiger partial charge is 0.310 e. The van der Waals surface area contributed by atoms with E-state index >= 15 is 0 Å². The Labute approximate surface area is 112 Å². The average molecular weight is 258 g/mol. The lowest BCUT2D eigenvalue weighted by Gasteiger charge is -2.16. The first kappa shape index (κ1) is 13.3. The molecule has 0 bridgehead atoms. The molecule has 0 aliphatic heterocycles. The van der Waals surface area contributed by atoms with E-state index in [1.54, 1.807) is 30.5 Å². The normalized spacial score (nSPS) is 10.8. The second kappa shape index (κ2) is 5.22. The zero-order chi connectivity index (χ0) is 14.0. The number of rotatable bonds is 3. The highest BCUT2D eigenvalue weighted by Gasteiger charge is 2.19. The van der Waals surface area contributed by atoms with Gasteiger partial charge in [-0.05, 0) is 32.9 Å². The maximum Gasteiger partial charge on any atom is 0.261 e. The Kier molecular flexibility index (Phi) is 3.64. The summed E-state index contributed by atoms with van der Waals surface area (Å²) in [5.41, 5.74) is 2.28. The molecule has 5 nitrogen and oxygen atoms in total. The third kappa shape index (κ3) is 2.50. The van der Waals surface area contributed by atoms with Crippen LogP contribution in [0.15, 0.2) is 30.7 Å². The van der Waals surface area contributed by atoms with Crippen molar-refractivity contribution in [3.8, 4) is 0 Å². The van der Waals surface area contributed by atoms with Gasteiger partial charge in [0.1, 0.15) is 0 Å². The molecule has 0 N–H and O–H groups in total. The first-order valence-corrected chi connectivity index (χ1v) is 6.24. The lowest BCUT2D eigenvalue weighted by atomic mass is 10.2. The maximum absolute atomic E-state index is 12.4. The van der Waals surface area contributed by atoms with Gasteiger partial charge in [0.2, 0.25) is 0 Å². The summed E-state index contributed by atoms with van der Waals surface area (Å²) in [6.45, 7) is 6.00. The third-order valence-electron chi connectivity index (χ3n) is 3.10. The molecule has 2 aromatic rings. The summed E-state index contributed by atoms with van der Waals surface area (Å²) in [4.78, 5) is 18.1. The molecule has 0 saturated heterocycles. The molecule has 0 fully saturated rings. The maximum atomic E-state index is 12.4. The number of amides is 1. The predicted molar refractivity (Wildman–Crippen MR) is 74.3 cm³/mol. The van der Waals surface area contributed by atoms with Crippen molar-refractivity contribution >= 4 is 11.6 Å². The van der Waals surface area contributed by atoms with Crippen molar-refractivity contribution in [3.63, 3.8) is 0 Å². The van der Waals surface area contributed by atoms with Crippen molar-refractivity contribution in [2.45, 2.75) is 26.8 Å². The minimum absolute atomic E-state index is 0.0719. The molecule has 0 saturated carbocycles. The van der Waals surface area contributed by atoms with E-state index in [1.165, 1.54) is 0 Å². The second-order valence-corrected chi connectivity index (χ2v) is 4.76. The van der Waals surface area contributed by atoms with Crippen LogP contribution in [0.25, 0.3) is 0 Å². The van der Waals surface area contributed by atoms with Crippen molar-refractivity contribution in [2.75, 3.05) is 11.9 Å². The smallest absolute Gasteiger partial charge is 0.261 e. The van der Waals surface area contributed by atoms with Gasteiger partial charge in [0.25, 0.3) is 5.91 Å². The Hall–Kier alpha value is -2.17. The van der Waals surface area contributed by atoms with E-state index in [0.717, 1.165) is 11.4 Å². The van der Waals surface area contributed by atoms with Crippen LogP contribution in [0, 0.1) is 6.92 Å². The molecule has 1 amide bonds. The van der Waals surface area contributed by atoms with Crippen LogP contribution in [-0.2, 0) is 0 Å². The van der Waals surface area contributed by atoms with Gasteiger partial charge in [0.05, 0.1) is 23.6 Å². The third-order valence-corrected chi connectivity index (χ3v) is 3.10. The second-order valence-electron chi connectivity index (χ2n) is 4.76. The summed E-state index contributed by atoms with van der Waals surface area (Å²) in [6, 6.07) is 3.90. The number of hydrogen-bond donors (Lipinski definition) is 0. The number of anilines is 1. The molecule has 0 aliphatic carbocycles. The predicted octanol–water partition coefficient (Wildman–Crippen LogP) is 2.44. The Bertz CT molecular complexity index is 574. The molecule has 0 atom stereocenters. The van der Waals surface area contributed by atoms with Crippen molar-refractivity contribution < 1.29 is 4.79 Å². The number of nitrogens with zero attached hydrogens (tertiary/aromatic N) is 4. The Morgan fingerprint density at radius 3 is 2.63 bits per heavy atom. The molecule has 0 aliphatic rings. The Morgan fingerprint density at radius 1 is 1.37 bits per heavy atom. The fraction of sp³-hybridized carbons (Fsp3) is 0.357. The topological polar surface area (TPSA) is 51.0 Å². The Balaban J connectivity index is 2.30. The van der Waals surface area contributed by atoms with Crippen LogP contribution in [-0.4, -0.2) is 27.7 Å². The molecule has 5 heteroatoms. The van der Waals surface area contributed by atoms with Crippen LogP contribution in [0.3, 0.4) is 0 Å². The summed E-state index contributed by atoms with van der Waals surface area (Å²) in [5.74, 6) is -0.0719. The molecule has 19 heavy (non-hydrogen) atoms. The van der Waals surface area contributed by atoms with Crippen molar-refractivity contribution in [1.82, 2.24) is 14.8 Å². The fourth-order valence-electron chi connectivity index (χ4n) is 2.00. The van der Waals surface area contributed by atoms with Gasteiger partial charge in [-0.1, -0.05) is 0 Å². The minimum atomic E-state index is -0.0719. The van der Waals surface area contributed by atoms with Gasteiger partial charge < -0.3 is 4.90 Å². The van der Waals surface area contributed by atoms with Gasteiger partial charge in [-0.2, -0.15) is 5.10 Å². The number of carbonyl (C=O) groups excluding carboxylic acids is 1. The highest BCUT2D eigenvalue weighted by Crippen LogP contribution is 2.18. The highest BCUT2D eigenvalue weighted by atomic mass is 16.2. The lowest BCUT2D eigenvalue weighted by Crippen LogP contribution is -2.26. The summed E-state index contributed by atoms with van der Waals surface area (Å²) < 4.78 is 1.85. The summed E-state index contributed by atoms with van der Waals surface area (Å²) in [6.07, 6.45) is 4.98. The van der Waals surface area contributed by atoms with Crippen LogP contribution in [0.2, 0.25) is 0 Å². The van der Waals surface area contributed by atoms with E-state index in [4.69, 9.17) is 0 Å². The first-order chi connectivity index (χ1) is 9.02. The van der Waals surface area contributed by atoms with Crippen LogP contribution >= 0.6 is 0 Å². The van der Waals surface area contributed by atoms with Crippen LogP contribution in [0.5, 0.6) is 0 Å². The number of aromatic nitrogens is 3. The van der Waals surface area contributed by atoms with Gasteiger partial charge in [-0.3, -0.25) is 14.5 Å². The number of hydrogen-bond acceptors (Lipinski definition) is 3. The van der Waals surface area contributed by atoms with E-state index < -0.39 is 0 Å². The van der Waals surface area contributed by atoms with E-state index in [0.29, 0.717) is 5.56 Å². The van der Waals surface area contributed by atoms with E-state index in [9.17, 15) is 4.79 Å². The van der Waals surface area contributed by atoms with Crippen molar-refractivity contribution in [2.24, 2.45) is 0 Å². The molecule has 100 valence electrons. The van der Waals surface area contributed by atoms with Gasteiger partial charge in [-0.25, -0.2) is 0 Å². The van der Waals surface area contributed by atoms with E-state index in [1.807, 2.05) is 37.6 Å². The lowest BCUT2D eigenvalue weighted by molar-refractivity contribution is 0.0992. The Morgan fingerprint density at radius 2 is 2.11 bits per heavy atom. The fourth-order valence-corrected chi connectivity index (χ4v) is 2.00. The molecule has 0 radical (unpaired) electrons. The van der Waals surface area contributed by atoms with Gasteiger partial charge >= 0.3 is 0 Å². The van der Waals surface area contributed by atoms with Gasteiger partial charge in [-0.15, -0.1) is 0 Å². The summed E-state index contributed by atoms with van der Waals surface area (Å²) in [5, 5.41) is 4.27. The van der Waals surface area contributed by atoms with Crippen molar-refractivity contribution in [3.05, 3.63) is 42.0 Å². The molecule has 2 aromatic heterocycles. The highest BCUT2D eigenvalue weighted by molar-refractivity contribution is 6.06. The summed E-state index contributed by atoms with van der Waals surface area (Å²) in [7, 11) is 1.74. The number of pyridine rings is 1. The standard InChI is InChI=1S/C14H18N4O/c1-10(2)18-11(3)13(9-16-18)14(19)17(4)12-6-5-7-15-8-12/h5-10H,1-4H3. The quantitative estimate of drug-likeness (QED) is 0.849. The molecule has 0 spiro atoms. The van der Waals surface area contributed by atoms with Crippen molar-refractivity contribution in [1.29, 1.82) is 0 Å². The van der Waals surface area contributed by atoms with E-state index in [-0.39, 0.29) is 11.9 Å². The molecule has 0 aromatic carbocycles. The molecular weight excluding hydrogens is 240 g/mol. The van der Waals surface area contributed by atoms with Gasteiger partial charge in [0, 0.05) is 25.0 Å². The molecule has 2 rings (SSSR count). The minimum Gasteiger partial charge on any atom is -0.310 e. The van der Waals surface area contributed by atoms with E-state index in [2.05, 4.69) is 10.1 Å². The molecular formula is C14H18N4O. The van der Waals surface area contributed by atoms with Crippen LogP contribution < -0.4 is 4.90 Å². The zero-order valence-corrected chi connectivity index (χ0v) is 11.7. The van der Waals surface area contributed by atoms with Gasteiger partial charge in [0.15, 0.2) is 0 Å². The van der Waals surface area contributed by atoms with Crippen LogP contribution in [0.4, 0.5) is 5.69 Å². The zero-order valence-electron chi connectivity index (χ0n) is 11.7. The van der Waals surface area contributed by atoms with Crippen LogP contribution in [0.1, 0.15) is 35.9 Å².